The van der Waals surface area contributed by atoms with E-state index in [4.69, 9.17) is 0 Å². The van der Waals surface area contributed by atoms with E-state index in [1.54, 1.807) is 24.5 Å². The van der Waals surface area contributed by atoms with E-state index in [0.29, 0.717) is 23.6 Å². The van der Waals surface area contributed by atoms with Crippen molar-refractivity contribution in [2.45, 2.75) is 36.6 Å². The number of aliphatic hydroxyl groups excluding tert-OH is 1. The Kier molecular flexibility index (Phi) is 4.39. The van der Waals surface area contributed by atoms with Crippen molar-refractivity contribution in [3.8, 4) is 11.1 Å². The second kappa shape index (κ2) is 7.09. The number of rotatable bonds is 6. The van der Waals surface area contributed by atoms with Crippen molar-refractivity contribution in [1.29, 1.82) is 0 Å². The van der Waals surface area contributed by atoms with Crippen LogP contribution in [0.25, 0.3) is 11.1 Å². The molecule has 5 nitrogen and oxygen atoms in total. The molecular formula is C26H27FN4O. The summed E-state index contributed by atoms with van der Waals surface area (Å²) < 4.78 is 14.2. The molecule has 0 atom stereocenters. The van der Waals surface area contributed by atoms with Crippen LogP contribution >= 0.6 is 0 Å². The van der Waals surface area contributed by atoms with Gasteiger partial charge in [0.25, 0.3) is 0 Å². The molecule has 2 aliphatic carbocycles. The lowest BCUT2D eigenvalue weighted by molar-refractivity contribution is 0.166. The smallest absolute Gasteiger partial charge is 0.229 e. The maximum absolute atomic E-state index is 14.2. The first-order valence-electron chi connectivity index (χ1n) is 11.4. The van der Waals surface area contributed by atoms with E-state index in [1.807, 2.05) is 6.07 Å². The molecule has 0 radical (unpaired) electrons. The van der Waals surface area contributed by atoms with Crippen molar-refractivity contribution >= 4 is 11.6 Å². The Morgan fingerprint density at radius 3 is 2.47 bits per heavy atom. The Morgan fingerprint density at radius 1 is 1.06 bits per heavy atom. The van der Waals surface area contributed by atoms with Gasteiger partial charge in [-0.3, -0.25) is 4.90 Å². The van der Waals surface area contributed by atoms with Crippen LogP contribution in [-0.4, -0.2) is 46.7 Å². The van der Waals surface area contributed by atoms with Gasteiger partial charge in [-0.25, -0.2) is 14.4 Å². The number of hydrogen-bond acceptors (Lipinski definition) is 5. The lowest BCUT2D eigenvalue weighted by Crippen LogP contribution is -2.34. The molecule has 2 heterocycles. The number of fused-ring (bicyclic) bond motifs is 2. The van der Waals surface area contributed by atoms with Gasteiger partial charge in [-0.05, 0) is 56.0 Å². The van der Waals surface area contributed by atoms with Crippen LogP contribution in [0.15, 0.2) is 54.9 Å². The van der Waals surface area contributed by atoms with Crippen LogP contribution in [-0.2, 0) is 11.0 Å². The van der Waals surface area contributed by atoms with Gasteiger partial charge in [0.2, 0.25) is 5.95 Å². The van der Waals surface area contributed by atoms with Crippen molar-refractivity contribution in [1.82, 2.24) is 14.9 Å². The monoisotopic (exact) mass is 430 g/mol. The molecule has 2 fully saturated rings. The minimum atomic E-state index is -0.265. The van der Waals surface area contributed by atoms with Gasteiger partial charge in [0.15, 0.2) is 0 Å². The molecule has 0 saturated heterocycles. The summed E-state index contributed by atoms with van der Waals surface area (Å²) in [6, 6.07) is 13.6. The summed E-state index contributed by atoms with van der Waals surface area (Å²) in [7, 11) is 2.10. The summed E-state index contributed by atoms with van der Waals surface area (Å²) in [5, 5.41) is 9.43. The Morgan fingerprint density at radius 2 is 1.81 bits per heavy atom. The number of halogens is 1. The summed E-state index contributed by atoms with van der Waals surface area (Å²) in [5.41, 5.74) is 5.34. The Hall–Kier alpha value is -2.83. The highest BCUT2D eigenvalue weighted by Crippen LogP contribution is 2.59. The third kappa shape index (κ3) is 2.97. The Labute approximate surface area is 187 Å². The fourth-order valence-electron chi connectivity index (χ4n) is 5.39. The van der Waals surface area contributed by atoms with Gasteiger partial charge in [-0.15, -0.1) is 0 Å². The predicted octanol–water partition coefficient (Wildman–Crippen LogP) is 4.38. The molecule has 0 unspecified atom stereocenters. The summed E-state index contributed by atoms with van der Waals surface area (Å²) in [5.74, 6) is 0.402. The normalized spacial score (nSPS) is 19.4. The van der Waals surface area contributed by atoms with Crippen LogP contribution in [0.3, 0.4) is 0 Å². The number of anilines is 2. The molecule has 2 saturated carbocycles. The number of nitrogens with zero attached hydrogens (tertiary/aromatic N) is 4. The van der Waals surface area contributed by atoms with E-state index in [2.05, 4.69) is 45.0 Å². The molecule has 3 aromatic rings. The summed E-state index contributed by atoms with van der Waals surface area (Å²) in [4.78, 5) is 13.8. The lowest BCUT2D eigenvalue weighted by atomic mass is 9.94. The molecule has 164 valence electrons. The highest BCUT2D eigenvalue weighted by Gasteiger charge is 2.54. The maximum atomic E-state index is 14.2. The first-order valence-corrected chi connectivity index (χ1v) is 11.4. The predicted molar refractivity (Wildman–Crippen MR) is 122 cm³/mol. The van der Waals surface area contributed by atoms with E-state index in [0.717, 1.165) is 19.4 Å². The molecule has 6 heteroatoms. The highest BCUT2D eigenvalue weighted by molar-refractivity contribution is 5.73. The number of likely N-dealkylation sites (N-methyl/N-ethyl adjacent to an activating group) is 1. The zero-order chi connectivity index (χ0) is 21.9. The summed E-state index contributed by atoms with van der Waals surface area (Å²) in [6.07, 6.45) is 8.05. The van der Waals surface area contributed by atoms with Crippen LogP contribution in [0.1, 0.15) is 36.8 Å². The van der Waals surface area contributed by atoms with Gasteiger partial charge in [0.1, 0.15) is 5.82 Å². The van der Waals surface area contributed by atoms with Crippen molar-refractivity contribution in [3.05, 3.63) is 71.8 Å². The molecule has 1 N–H and O–H groups in total. The number of benzene rings is 2. The number of hydrogen-bond donors (Lipinski definition) is 1. The molecule has 0 bridgehead atoms. The van der Waals surface area contributed by atoms with E-state index in [1.165, 1.54) is 35.7 Å². The molecule has 1 spiro atoms. The SMILES string of the molecule is CN(CCO)C1(c2ccc3c(c2)N(c2ncc(-c4ccccc4F)cn2)CC32CC2)CC1. The van der Waals surface area contributed by atoms with Crippen molar-refractivity contribution < 1.29 is 9.50 Å². The molecule has 6 rings (SSSR count). The van der Waals surface area contributed by atoms with Gasteiger partial charge >= 0.3 is 0 Å². The average Bonchev–Trinajstić information content (AvgIpc) is 3.73. The molecule has 3 aliphatic rings. The van der Waals surface area contributed by atoms with Crippen LogP contribution in [0.4, 0.5) is 16.0 Å². The number of aromatic nitrogens is 2. The van der Waals surface area contributed by atoms with Gasteiger partial charge in [0.05, 0.1) is 6.61 Å². The van der Waals surface area contributed by atoms with Crippen molar-refractivity contribution in [3.63, 3.8) is 0 Å². The van der Waals surface area contributed by atoms with E-state index >= 15 is 0 Å². The van der Waals surface area contributed by atoms with Crippen LogP contribution in [0.5, 0.6) is 0 Å². The van der Waals surface area contributed by atoms with Gasteiger partial charge < -0.3 is 10.0 Å². The van der Waals surface area contributed by atoms with Crippen LogP contribution < -0.4 is 4.90 Å². The van der Waals surface area contributed by atoms with Crippen LogP contribution in [0.2, 0.25) is 0 Å². The zero-order valence-electron chi connectivity index (χ0n) is 18.3. The topological polar surface area (TPSA) is 52.5 Å². The molecular weight excluding hydrogens is 403 g/mol. The van der Waals surface area contributed by atoms with Gasteiger partial charge in [-0.1, -0.05) is 30.3 Å². The molecule has 1 aliphatic heterocycles. The largest absolute Gasteiger partial charge is 0.395 e. The third-order valence-electron chi connectivity index (χ3n) is 7.67. The lowest BCUT2D eigenvalue weighted by Gasteiger charge is -2.29. The Balaban J connectivity index is 1.36. The minimum Gasteiger partial charge on any atom is -0.395 e. The second-order valence-electron chi connectivity index (χ2n) is 9.53. The van der Waals surface area contributed by atoms with Crippen LogP contribution in [0, 0.1) is 5.82 Å². The quantitative estimate of drug-likeness (QED) is 0.629. The second-order valence-corrected chi connectivity index (χ2v) is 9.53. The first kappa shape index (κ1) is 19.8. The van der Waals surface area contributed by atoms with Gasteiger partial charge in [0, 0.05) is 53.3 Å². The molecule has 1 aromatic heterocycles. The van der Waals surface area contributed by atoms with E-state index < -0.39 is 0 Å². The fourth-order valence-corrected chi connectivity index (χ4v) is 5.39. The zero-order valence-corrected chi connectivity index (χ0v) is 18.3. The molecule has 0 amide bonds. The Bertz CT molecular complexity index is 1170. The van der Waals surface area contributed by atoms with E-state index in [9.17, 15) is 9.50 Å². The first-order chi connectivity index (χ1) is 15.6. The highest BCUT2D eigenvalue weighted by atomic mass is 19.1. The summed E-state index contributed by atoms with van der Waals surface area (Å²) >= 11 is 0. The van der Waals surface area contributed by atoms with Crippen molar-refractivity contribution in [2.75, 3.05) is 31.6 Å². The standard InChI is InChI=1S/C26H27FN4O/c1-30(12-13-32)26(10-11-26)19-6-7-21-23(14-19)31(17-25(21)8-9-25)24-28-15-18(16-29-24)20-4-2-3-5-22(20)27/h2-7,14-16,32H,8-13,17H2,1H3. The average molecular weight is 431 g/mol. The molecule has 32 heavy (non-hydrogen) atoms. The fraction of sp³-hybridized carbons (Fsp3) is 0.385. The summed E-state index contributed by atoms with van der Waals surface area (Å²) in [6.45, 7) is 1.73. The van der Waals surface area contributed by atoms with Crippen molar-refractivity contribution in [2.24, 2.45) is 0 Å². The number of aliphatic hydroxyl groups is 1. The maximum Gasteiger partial charge on any atom is 0.229 e. The third-order valence-corrected chi connectivity index (χ3v) is 7.67. The molecule has 2 aromatic carbocycles. The minimum absolute atomic E-state index is 0.0261. The van der Waals surface area contributed by atoms with E-state index in [-0.39, 0.29) is 23.4 Å². The van der Waals surface area contributed by atoms with Gasteiger partial charge in [-0.2, -0.15) is 0 Å².